The lowest BCUT2D eigenvalue weighted by atomic mass is 10.1. The zero-order valence-corrected chi connectivity index (χ0v) is 14.7. The maximum atomic E-state index is 11.2. The second kappa shape index (κ2) is 16.0. The molecule has 0 aliphatic rings. The van der Waals surface area contributed by atoms with E-state index in [1.807, 2.05) is 6.08 Å². The van der Waals surface area contributed by atoms with Crippen LogP contribution in [-0.4, -0.2) is 16.3 Å². The third-order valence-electron chi connectivity index (χ3n) is 4.06. The molecule has 1 atom stereocenters. The van der Waals surface area contributed by atoms with Gasteiger partial charge in [0.25, 0.3) is 0 Å². The first-order chi connectivity index (χ1) is 11.1. The highest BCUT2D eigenvalue weighted by atomic mass is 16.8. The summed E-state index contributed by atoms with van der Waals surface area (Å²) in [6.45, 7) is 2.19. The number of quaternary nitrogens is 1. The summed E-state index contributed by atoms with van der Waals surface area (Å²) in [5, 5.41) is 28.2. The molecule has 0 amide bonds. The zero-order chi connectivity index (χ0) is 17.3. The van der Waals surface area contributed by atoms with E-state index in [-0.39, 0.29) is 6.42 Å². The number of carboxylic acid groups (broad SMARTS) is 1. The van der Waals surface area contributed by atoms with Crippen molar-refractivity contribution in [3.8, 4) is 0 Å². The van der Waals surface area contributed by atoms with Gasteiger partial charge in [0.2, 0.25) is 0 Å². The first-order valence-corrected chi connectivity index (χ1v) is 9.22. The van der Waals surface area contributed by atoms with Crippen molar-refractivity contribution in [3.05, 3.63) is 17.0 Å². The maximum absolute atomic E-state index is 11.2. The monoisotopic (exact) mass is 329 g/mol. The number of hydrogen-bond donors (Lipinski definition) is 3. The van der Waals surface area contributed by atoms with Crippen molar-refractivity contribution >= 4 is 5.97 Å². The number of carbonyl (C=O) groups is 1. The van der Waals surface area contributed by atoms with E-state index in [0.29, 0.717) is 12.1 Å². The Morgan fingerprint density at radius 2 is 1.43 bits per heavy atom. The van der Waals surface area contributed by atoms with Crippen molar-refractivity contribution < 1.29 is 20.3 Å². The molecule has 0 bridgehead atoms. The quantitative estimate of drug-likeness (QED) is 0.292. The van der Waals surface area contributed by atoms with Crippen LogP contribution in [0.25, 0.3) is 0 Å². The maximum Gasteiger partial charge on any atom is 0.303 e. The lowest BCUT2D eigenvalue weighted by Crippen LogP contribution is -3.02. The van der Waals surface area contributed by atoms with Crippen LogP contribution in [0, 0.1) is 5.21 Å². The number of nitrogens with one attached hydrogen (secondary N) is 1. The van der Waals surface area contributed by atoms with Gasteiger partial charge in [-0.25, -0.2) is 5.21 Å². The van der Waals surface area contributed by atoms with Crippen LogP contribution in [0.5, 0.6) is 0 Å². The molecule has 0 aromatic rings. The topological polar surface area (TPSA) is 85.0 Å². The molecule has 0 saturated carbocycles. The Morgan fingerprint density at radius 1 is 0.913 bits per heavy atom. The summed E-state index contributed by atoms with van der Waals surface area (Å²) in [4.78, 5) is 10.4. The van der Waals surface area contributed by atoms with Gasteiger partial charge in [-0.3, -0.25) is 4.79 Å². The van der Waals surface area contributed by atoms with E-state index in [9.17, 15) is 15.2 Å². The molecular weight excluding hydrogens is 294 g/mol. The van der Waals surface area contributed by atoms with E-state index in [1.165, 1.54) is 25.7 Å². The number of carboxylic acids is 1. The molecule has 0 aromatic carbocycles. The van der Waals surface area contributed by atoms with E-state index >= 15 is 0 Å². The Hall–Kier alpha value is -0.910. The molecule has 3 N–H and O–H groups in total. The van der Waals surface area contributed by atoms with Gasteiger partial charge in [0.15, 0.2) is 0 Å². The highest BCUT2D eigenvalue weighted by Crippen LogP contribution is 2.11. The molecule has 0 fully saturated rings. The SMILES string of the molecule is CCCCCCCCC(=CCCCCCCCC(=O)O)[NH+]([O-])O. The first kappa shape index (κ1) is 22.1. The first-order valence-electron chi connectivity index (χ1n) is 9.22. The van der Waals surface area contributed by atoms with E-state index in [2.05, 4.69) is 6.92 Å². The van der Waals surface area contributed by atoms with Crippen molar-refractivity contribution in [2.45, 2.75) is 96.8 Å². The van der Waals surface area contributed by atoms with Gasteiger partial charge in [0.05, 0.1) is 0 Å². The van der Waals surface area contributed by atoms with Gasteiger partial charge in [-0.2, -0.15) is 5.23 Å². The van der Waals surface area contributed by atoms with Gasteiger partial charge in [-0.15, -0.1) is 0 Å². The van der Waals surface area contributed by atoms with Crippen LogP contribution in [0.2, 0.25) is 0 Å². The molecule has 0 aliphatic heterocycles. The lowest BCUT2D eigenvalue weighted by Gasteiger charge is -2.15. The largest absolute Gasteiger partial charge is 0.595 e. The summed E-state index contributed by atoms with van der Waals surface area (Å²) < 4.78 is 0. The van der Waals surface area contributed by atoms with E-state index in [1.54, 1.807) is 0 Å². The number of hydrogen-bond acceptors (Lipinski definition) is 3. The molecule has 0 aliphatic carbocycles. The molecule has 5 heteroatoms. The number of unbranched alkanes of at least 4 members (excludes halogenated alkanes) is 10. The molecule has 0 aromatic heterocycles. The smallest absolute Gasteiger partial charge is 0.303 e. The molecule has 0 heterocycles. The van der Waals surface area contributed by atoms with Crippen molar-refractivity contribution in [1.82, 2.24) is 0 Å². The second-order valence-corrected chi connectivity index (χ2v) is 6.25. The number of hydroxylamine groups is 2. The van der Waals surface area contributed by atoms with Gasteiger partial charge in [0, 0.05) is 12.8 Å². The summed E-state index contributed by atoms with van der Waals surface area (Å²) in [7, 11) is 0. The number of rotatable bonds is 16. The fraction of sp³-hybridized carbons (Fsp3) is 0.833. The predicted molar refractivity (Wildman–Crippen MR) is 92.1 cm³/mol. The normalized spacial score (nSPS) is 13.3. The Labute approximate surface area is 140 Å². The van der Waals surface area contributed by atoms with Crippen molar-refractivity contribution in [1.29, 1.82) is 0 Å². The number of allylic oxidation sites excluding steroid dienone is 2. The van der Waals surface area contributed by atoms with Crippen molar-refractivity contribution in [2.75, 3.05) is 0 Å². The molecule has 5 nitrogen and oxygen atoms in total. The van der Waals surface area contributed by atoms with Gasteiger partial charge < -0.3 is 10.3 Å². The third-order valence-corrected chi connectivity index (χ3v) is 4.06. The van der Waals surface area contributed by atoms with Crippen LogP contribution in [-0.2, 0) is 4.79 Å². The zero-order valence-electron chi connectivity index (χ0n) is 14.7. The molecular formula is C18H35NO4. The van der Waals surface area contributed by atoms with Crippen LogP contribution in [0.4, 0.5) is 0 Å². The summed E-state index contributed by atoms with van der Waals surface area (Å²) in [5.41, 5.74) is 0.561. The van der Waals surface area contributed by atoms with Crippen LogP contribution in [0.1, 0.15) is 96.8 Å². The molecule has 23 heavy (non-hydrogen) atoms. The standard InChI is InChI=1S/C18H35NO4/c1-2-3-4-5-8-11-14-17(19(22)23)15-12-9-6-7-10-13-16-18(20)21/h15,19,22H,2-14,16H2,1H3,(H,20,21). The molecule has 136 valence electrons. The van der Waals surface area contributed by atoms with Gasteiger partial charge in [-0.1, -0.05) is 58.3 Å². The summed E-state index contributed by atoms with van der Waals surface area (Å²) >= 11 is 0. The molecule has 0 spiro atoms. The van der Waals surface area contributed by atoms with Crippen LogP contribution >= 0.6 is 0 Å². The third kappa shape index (κ3) is 15.8. The Kier molecular flexibility index (Phi) is 15.3. The summed E-state index contributed by atoms with van der Waals surface area (Å²) in [6.07, 6.45) is 15.4. The van der Waals surface area contributed by atoms with Crippen molar-refractivity contribution in [3.63, 3.8) is 0 Å². The average molecular weight is 329 g/mol. The van der Waals surface area contributed by atoms with Gasteiger partial charge >= 0.3 is 5.97 Å². The summed E-state index contributed by atoms with van der Waals surface area (Å²) in [5.74, 6) is -0.728. The molecule has 0 saturated heterocycles. The van der Waals surface area contributed by atoms with E-state index < -0.39 is 11.2 Å². The average Bonchev–Trinajstić information content (AvgIpc) is 2.50. The van der Waals surface area contributed by atoms with Gasteiger partial charge in [0.1, 0.15) is 5.70 Å². The van der Waals surface area contributed by atoms with Crippen molar-refractivity contribution in [2.24, 2.45) is 0 Å². The van der Waals surface area contributed by atoms with Crippen LogP contribution in [0.15, 0.2) is 11.8 Å². The predicted octanol–water partition coefficient (Wildman–Crippen LogP) is 4.21. The minimum absolute atomic E-state index is 0.251. The van der Waals surface area contributed by atoms with Crippen LogP contribution in [0.3, 0.4) is 0 Å². The van der Waals surface area contributed by atoms with Gasteiger partial charge in [-0.05, 0) is 31.8 Å². The molecule has 1 unspecified atom stereocenters. The highest BCUT2D eigenvalue weighted by Gasteiger charge is 2.04. The minimum atomic E-state index is -0.778. The summed E-state index contributed by atoms with van der Waals surface area (Å²) in [6, 6.07) is 0. The van der Waals surface area contributed by atoms with E-state index in [4.69, 9.17) is 5.11 Å². The molecule has 0 rings (SSSR count). The van der Waals surface area contributed by atoms with Crippen LogP contribution < -0.4 is 5.23 Å². The highest BCUT2D eigenvalue weighted by molar-refractivity contribution is 5.66. The fourth-order valence-corrected chi connectivity index (χ4v) is 2.62. The number of aliphatic carboxylic acids is 1. The lowest BCUT2D eigenvalue weighted by molar-refractivity contribution is -1.02. The second-order valence-electron chi connectivity index (χ2n) is 6.25. The fourth-order valence-electron chi connectivity index (χ4n) is 2.62. The Morgan fingerprint density at radius 3 is 2.00 bits per heavy atom. The Bertz CT molecular complexity index is 316. The Balaban J connectivity index is 3.67. The molecule has 0 radical (unpaired) electrons. The minimum Gasteiger partial charge on any atom is -0.595 e. The van der Waals surface area contributed by atoms with E-state index in [0.717, 1.165) is 51.4 Å².